The quantitative estimate of drug-likeness (QED) is 0.302. The number of hydrogen-bond acceptors (Lipinski definition) is 5. The molecule has 3 aromatic rings. The number of halogens is 2. The Labute approximate surface area is 246 Å². The van der Waals surface area contributed by atoms with Crippen molar-refractivity contribution in [2.24, 2.45) is 0 Å². The highest BCUT2D eigenvalue weighted by Crippen LogP contribution is 2.38. The number of rotatable bonds is 9. The van der Waals surface area contributed by atoms with E-state index in [0.29, 0.717) is 48.2 Å². The van der Waals surface area contributed by atoms with Gasteiger partial charge in [0.1, 0.15) is 0 Å². The van der Waals surface area contributed by atoms with E-state index < -0.39 is 11.6 Å². The zero-order chi connectivity index (χ0) is 28.1. The van der Waals surface area contributed by atoms with E-state index in [1.54, 1.807) is 19.3 Å². The Balaban J connectivity index is 1.45. The number of H-pyrrole nitrogens is 1. The molecule has 2 atom stereocenters. The third-order valence-electron chi connectivity index (χ3n) is 8.47. The van der Waals surface area contributed by atoms with Gasteiger partial charge in [-0.3, -0.25) is 19.4 Å². The summed E-state index contributed by atoms with van der Waals surface area (Å²) in [6, 6.07) is 15.6. The highest BCUT2D eigenvalue weighted by atomic mass is 35.5. The summed E-state index contributed by atoms with van der Waals surface area (Å²) in [6.07, 6.45) is 8.83. The monoisotopic (exact) mass is 581 g/mol. The summed E-state index contributed by atoms with van der Waals surface area (Å²) in [5.41, 5.74) is 1.71. The van der Waals surface area contributed by atoms with Gasteiger partial charge in [-0.25, -0.2) is 4.98 Å². The van der Waals surface area contributed by atoms with Crippen molar-refractivity contribution in [1.82, 2.24) is 25.1 Å². The third-order valence-corrected chi connectivity index (χ3v) is 9.21. The van der Waals surface area contributed by atoms with Gasteiger partial charge < -0.3 is 10.3 Å². The van der Waals surface area contributed by atoms with Crippen molar-refractivity contribution in [3.63, 3.8) is 0 Å². The van der Waals surface area contributed by atoms with E-state index in [-0.39, 0.29) is 17.7 Å². The molecule has 2 aliphatic rings. The number of carbonyl (C=O) groups is 2. The Morgan fingerprint density at radius 3 is 2.33 bits per heavy atom. The standard InChI is InChI=1S/C31H37Cl2N5O2/c1-22(39)36-31(24-8-4-2-5-9-24)12-18-38(19-13-31)28(29(40)30-34-14-15-35-30)21-27(37-16-6-3-7-17-37)23-10-11-25(32)26(33)20-23/h2,4-5,8-11,14-15,20,27-28H,3,6-7,12-13,16-19,21H2,1H3,(H,34,35)(H,36,39). The number of piperidine rings is 2. The maximum atomic E-state index is 14.0. The summed E-state index contributed by atoms with van der Waals surface area (Å²) in [4.78, 5) is 38.4. The fourth-order valence-corrected chi connectivity index (χ4v) is 6.74. The van der Waals surface area contributed by atoms with Crippen LogP contribution in [0.5, 0.6) is 0 Å². The minimum atomic E-state index is -0.460. The molecule has 2 fully saturated rings. The first-order valence-electron chi connectivity index (χ1n) is 14.2. The molecule has 7 nitrogen and oxygen atoms in total. The number of Topliss-reactive ketones (excluding diaryl/α,β-unsaturated/α-hetero) is 1. The number of nitrogens with one attached hydrogen (secondary N) is 2. The van der Waals surface area contributed by atoms with Gasteiger partial charge in [-0.2, -0.15) is 0 Å². The maximum Gasteiger partial charge on any atom is 0.217 e. The van der Waals surface area contributed by atoms with Crippen LogP contribution in [0.25, 0.3) is 0 Å². The number of nitrogens with zero attached hydrogens (tertiary/aromatic N) is 3. The Kier molecular flexibility index (Phi) is 9.26. The molecule has 3 heterocycles. The fraction of sp³-hybridized carbons (Fsp3) is 0.452. The van der Waals surface area contributed by atoms with Crippen LogP contribution in [0.2, 0.25) is 10.0 Å². The highest BCUT2D eigenvalue weighted by molar-refractivity contribution is 6.42. The average Bonchev–Trinajstić information content (AvgIpc) is 3.52. The van der Waals surface area contributed by atoms with Crippen LogP contribution < -0.4 is 5.32 Å². The molecule has 2 unspecified atom stereocenters. The van der Waals surface area contributed by atoms with Crippen molar-refractivity contribution >= 4 is 34.9 Å². The summed E-state index contributed by atoms with van der Waals surface area (Å²) in [5.74, 6) is 0.308. The van der Waals surface area contributed by atoms with E-state index in [1.165, 1.54) is 6.42 Å². The topological polar surface area (TPSA) is 81.3 Å². The molecule has 212 valence electrons. The van der Waals surface area contributed by atoms with Gasteiger partial charge in [0.15, 0.2) is 5.82 Å². The van der Waals surface area contributed by atoms with Gasteiger partial charge in [0.2, 0.25) is 11.7 Å². The van der Waals surface area contributed by atoms with Gasteiger partial charge >= 0.3 is 0 Å². The summed E-state index contributed by atoms with van der Waals surface area (Å²) < 4.78 is 0. The number of carbonyl (C=O) groups excluding carboxylic acids is 2. The second-order valence-corrected chi connectivity index (χ2v) is 11.8. The molecule has 0 saturated carbocycles. The smallest absolute Gasteiger partial charge is 0.217 e. The van der Waals surface area contributed by atoms with Crippen molar-refractivity contribution in [2.45, 2.75) is 63.1 Å². The normalized spacial score (nSPS) is 19.6. The zero-order valence-electron chi connectivity index (χ0n) is 22.9. The maximum absolute atomic E-state index is 14.0. The van der Waals surface area contributed by atoms with Crippen LogP contribution >= 0.6 is 23.2 Å². The molecule has 2 N–H and O–H groups in total. The Hall–Kier alpha value is -2.71. The lowest BCUT2D eigenvalue weighted by Crippen LogP contribution is -2.56. The molecule has 1 aromatic heterocycles. The highest BCUT2D eigenvalue weighted by Gasteiger charge is 2.41. The van der Waals surface area contributed by atoms with Gasteiger partial charge in [-0.15, -0.1) is 0 Å². The van der Waals surface area contributed by atoms with Crippen LogP contribution in [0.1, 0.15) is 73.2 Å². The Morgan fingerprint density at radius 1 is 0.975 bits per heavy atom. The van der Waals surface area contributed by atoms with E-state index in [4.69, 9.17) is 23.2 Å². The first-order valence-corrected chi connectivity index (χ1v) is 14.9. The lowest BCUT2D eigenvalue weighted by molar-refractivity contribution is -0.121. The minimum absolute atomic E-state index is 0.00938. The van der Waals surface area contributed by atoms with Crippen molar-refractivity contribution in [3.8, 4) is 0 Å². The third kappa shape index (κ3) is 6.44. The number of imidazole rings is 1. The van der Waals surface area contributed by atoms with Gasteiger partial charge in [-0.1, -0.05) is 66.0 Å². The molecule has 2 aromatic carbocycles. The Bertz CT molecular complexity index is 1290. The Morgan fingerprint density at radius 2 is 1.70 bits per heavy atom. The van der Waals surface area contributed by atoms with Gasteiger partial charge in [-0.05, 0) is 68.5 Å². The van der Waals surface area contributed by atoms with E-state index in [1.807, 2.05) is 36.4 Å². The number of amides is 1. The first kappa shape index (κ1) is 28.8. The van der Waals surface area contributed by atoms with E-state index in [2.05, 4.69) is 37.2 Å². The summed E-state index contributed by atoms with van der Waals surface area (Å²) >= 11 is 12.8. The van der Waals surface area contributed by atoms with Crippen LogP contribution in [-0.4, -0.2) is 63.7 Å². The number of aromatic amines is 1. The summed E-state index contributed by atoms with van der Waals surface area (Å²) in [5, 5.41) is 4.30. The molecule has 0 aliphatic carbocycles. The van der Waals surface area contributed by atoms with Gasteiger partial charge in [0, 0.05) is 38.4 Å². The predicted octanol–water partition coefficient (Wildman–Crippen LogP) is 6.01. The molecule has 2 aliphatic heterocycles. The molecule has 9 heteroatoms. The molecule has 40 heavy (non-hydrogen) atoms. The number of ketones is 1. The fourth-order valence-electron chi connectivity index (χ4n) is 6.43. The molecular weight excluding hydrogens is 545 g/mol. The molecule has 0 radical (unpaired) electrons. The van der Waals surface area contributed by atoms with Crippen LogP contribution in [0, 0.1) is 0 Å². The zero-order valence-corrected chi connectivity index (χ0v) is 24.4. The average molecular weight is 583 g/mol. The van der Waals surface area contributed by atoms with Crippen molar-refractivity contribution in [2.75, 3.05) is 26.2 Å². The molecule has 2 saturated heterocycles. The van der Waals surface area contributed by atoms with E-state index in [9.17, 15) is 9.59 Å². The van der Waals surface area contributed by atoms with Crippen LogP contribution in [-0.2, 0) is 10.3 Å². The van der Waals surface area contributed by atoms with Crippen molar-refractivity contribution in [1.29, 1.82) is 0 Å². The molecule has 0 spiro atoms. The van der Waals surface area contributed by atoms with Crippen LogP contribution in [0.3, 0.4) is 0 Å². The van der Waals surface area contributed by atoms with E-state index >= 15 is 0 Å². The molecule has 1 amide bonds. The summed E-state index contributed by atoms with van der Waals surface area (Å²) in [6.45, 7) is 4.86. The van der Waals surface area contributed by atoms with Gasteiger partial charge in [0.05, 0.1) is 21.6 Å². The molecule has 5 rings (SSSR count). The number of benzene rings is 2. The lowest BCUT2D eigenvalue weighted by Gasteiger charge is -2.46. The van der Waals surface area contributed by atoms with Gasteiger partial charge in [0.25, 0.3) is 0 Å². The number of aromatic nitrogens is 2. The largest absolute Gasteiger partial charge is 0.347 e. The first-order chi connectivity index (χ1) is 19.4. The number of likely N-dealkylation sites (tertiary alicyclic amines) is 2. The van der Waals surface area contributed by atoms with E-state index in [0.717, 1.165) is 37.1 Å². The van der Waals surface area contributed by atoms with Crippen molar-refractivity contribution in [3.05, 3.63) is 87.9 Å². The second-order valence-electron chi connectivity index (χ2n) is 11.0. The molecular formula is C31H37Cl2N5O2. The van der Waals surface area contributed by atoms with Crippen LogP contribution in [0.4, 0.5) is 0 Å². The SMILES string of the molecule is CC(=O)NC1(c2ccccc2)CCN(C(CC(c2ccc(Cl)c(Cl)c2)N2CCCCC2)C(=O)c2ncc[nH]2)CC1. The second kappa shape index (κ2) is 12.9. The molecule has 0 bridgehead atoms. The van der Waals surface area contributed by atoms with Crippen molar-refractivity contribution < 1.29 is 9.59 Å². The summed E-state index contributed by atoms with van der Waals surface area (Å²) in [7, 11) is 0. The predicted molar refractivity (Wildman–Crippen MR) is 159 cm³/mol. The minimum Gasteiger partial charge on any atom is -0.347 e. The number of hydrogen-bond donors (Lipinski definition) is 2. The van der Waals surface area contributed by atoms with Crippen LogP contribution in [0.15, 0.2) is 60.9 Å². The lowest BCUT2D eigenvalue weighted by atomic mass is 9.79.